The zero-order valence-corrected chi connectivity index (χ0v) is 11.4. The standard InChI is InChI=1S/C14H20ClNO2/c1-10(18)13-6-5-12(9-14(13)15)16(7-8-17)11-3-2-4-11/h5-6,9-11,17-18H,2-4,7-8H2,1H3. The predicted molar refractivity (Wildman–Crippen MR) is 74.2 cm³/mol. The van der Waals surface area contributed by atoms with E-state index in [1.54, 1.807) is 6.92 Å². The fraction of sp³-hybridized carbons (Fsp3) is 0.571. The van der Waals surface area contributed by atoms with Gasteiger partial charge in [-0.25, -0.2) is 0 Å². The van der Waals surface area contributed by atoms with Gasteiger partial charge in [0.25, 0.3) is 0 Å². The predicted octanol–water partition coefficient (Wildman–Crippen LogP) is 2.74. The molecule has 1 saturated carbocycles. The lowest BCUT2D eigenvalue weighted by Crippen LogP contribution is -2.41. The summed E-state index contributed by atoms with van der Waals surface area (Å²) in [4.78, 5) is 2.21. The van der Waals surface area contributed by atoms with Crippen molar-refractivity contribution in [1.29, 1.82) is 0 Å². The number of rotatable bonds is 5. The fourth-order valence-electron chi connectivity index (χ4n) is 2.36. The summed E-state index contributed by atoms with van der Waals surface area (Å²) in [6, 6.07) is 6.25. The van der Waals surface area contributed by atoms with Crippen molar-refractivity contribution >= 4 is 17.3 Å². The minimum Gasteiger partial charge on any atom is -0.395 e. The second-order valence-corrected chi connectivity index (χ2v) is 5.29. The molecular formula is C14H20ClNO2. The summed E-state index contributed by atoms with van der Waals surface area (Å²) < 4.78 is 0. The van der Waals surface area contributed by atoms with Crippen molar-refractivity contribution in [3.05, 3.63) is 28.8 Å². The molecule has 100 valence electrons. The average molecular weight is 270 g/mol. The molecule has 0 spiro atoms. The first-order valence-corrected chi connectivity index (χ1v) is 6.86. The molecule has 2 rings (SSSR count). The van der Waals surface area contributed by atoms with E-state index in [-0.39, 0.29) is 6.61 Å². The Kier molecular flexibility index (Phi) is 4.49. The van der Waals surface area contributed by atoms with E-state index in [4.69, 9.17) is 16.7 Å². The van der Waals surface area contributed by atoms with Crippen LogP contribution in [0.1, 0.15) is 37.9 Å². The third-order valence-electron chi connectivity index (χ3n) is 3.62. The third-order valence-corrected chi connectivity index (χ3v) is 3.95. The first-order valence-electron chi connectivity index (χ1n) is 6.48. The Morgan fingerprint density at radius 3 is 2.61 bits per heavy atom. The van der Waals surface area contributed by atoms with Gasteiger partial charge in [0.2, 0.25) is 0 Å². The maximum Gasteiger partial charge on any atom is 0.0776 e. The number of nitrogens with zero attached hydrogens (tertiary/aromatic N) is 1. The first-order chi connectivity index (χ1) is 8.63. The monoisotopic (exact) mass is 269 g/mol. The lowest BCUT2D eigenvalue weighted by Gasteiger charge is -2.39. The molecule has 1 aliphatic carbocycles. The van der Waals surface area contributed by atoms with Gasteiger partial charge in [-0.2, -0.15) is 0 Å². The van der Waals surface area contributed by atoms with E-state index >= 15 is 0 Å². The van der Waals surface area contributed by atoms with Crippen molar-refractivity contribution in [1.82, 2.24) is 0 Å². The summed E-state index contributed by atoms with van der Waals surface area (Å²) in [5.41, 5.74) is 1.78. The molecule has 1 aliphatic rings. The van der Waals surface area contributed by atoms with Crippen LogP contribution in [-0.4, -0.2) is 29.4 Å². The zero-order chi connectivity index (χ0) is 13.1. The second-order valence-electron chi connectivity index (χ2n) is 4.88. The molecular weight excluding hydrogens is 250 g/mol. The van der Waals surface area contributed by atoms with Gasteiger partial charge in [0.05, 0.1) is 12.7 Å². The van der Waals surface area contributed by atoms with Crippen molar-refractivity contribution in [3.63, 3.8) is 0 Å². The molecule has 1 aromatic rings. The van der Waals surface area contributed by atoms with Crippen LogP contribution in [0, 0.1) is 0 Å². The molecule has 4 heteroatoms. The molecule has 0 saturated heterocycles. The van der Waals surface area contributed by atoms with Crippen LogP contribution in [-0.2, 0) is 0 Å². The molecule has 0 radical (unpaired) electrons. The lowest BCUT2D eigenvalue weighted by atomic mass is 9.91. The van der Waals surface area contributed by atoms with E-state index in [9.17, 15) is 5.11 Å². The van der Waals surface area contributed by atoms with Crippen LogP contribution in [0.5, 0.6) is 0 Å². The van der Waals surface area contributed by atoms with E-state index in [2.05, 4.69) is 4.90 Å². The van der Waals surface area contributed by atoms with E-state index in [0.29, 0.717) is 17.6 Å². The number of anilines is 1. The normalized spacial score (nSPS) is 17.3. The minimum absolute atomic E-state index is 0.145. The Bertz CT molecular complexity index is 405. The molecule has 0 heterocycles. The highest BCUT2D eigenvalue weighted by Crippen LogP contribution is 2.33. The largest absolute Gasteiger partial charge is 0.395 e. The molecule has 1 fully saturated rings. The van der Waals surface area contributed by atoms with Gasteiger partial charge in [-0.1, -0.05) is 17.7 Å². The van der Waals surface area contributed by atoms with Crippen LogP contribution in [0.25, 0.3) is 0 Å². The molecule has 0 aliphatic heterocycles. The van der Waals surface area contributed by atoms with Gasteiger partial charge in [-0.05, 0) is 43.9 Å². The van der Waals surface area contributed by atoms with Crippen LogP contribution in [0.4, 0.5) is 5.69 Å². The smallest absolute Gasteiger partial charge is 0.0776 e. The van der Waals surface area contributed by atoms with E-state index in [1.807, 2.05) is 18.2 Å². The third kappa shape index (κ3) is 2.79. The second kappa shape index (κ2) is 5.91. The van der Waals surface area contributed by atoms with Crippen LogP contribution >= 0.6 is 11.6 Å². The van der Waals surface area contributed by atoms with Crippen LogP contribution < -0.4 is 4.90 Å². The Balaban J connectivity index is 2.22. The summed E-state index contributed by atoms with van der Waals surface area (Å²) in [5.74, 6) is 0. The molecule has 0 bridgehead atoms. The van der Waals surface area contributed by atoms with Crippen molar-refractivity contribution < 1.29 is 10.2 Å². The van der Waals surface area contributed by atoms with Gasteiger partial charge in [0.1, 0.15) is 0 Å². The zero-order valence-electron chi connectivity index (χ0n) is 10.6. The van der Waals surface area contributed by atoms with Crippen LogP contribution in [0.15, 0.2) is 18.2 Å². The summed E-state index contributed by atoms with van der Waals surface area (Å²) >= 11 is 6.19. The molecule has 1 unspecified atom stereocenters. The molecule has 2 N–H and O–H groups in total. The average Bonchev–Trinajstić information content (AvgIpc) is 2.25. The number of halogens is 1. The highest BCUT2D eigenvalue weighted by Gasteiger charge is 2.25. The number of benzene rings is 1. The number of aliphatic hydroxyl groups is 2. The highest BCUT2D eigenvalue weighted by molar-refractivity contribution is 6.31. The maximum atomic E-state index is 9.57. The summed E-state index contributed by atoms with van der Waals surface area (Å²) in [6.07, 6.45) is 3.05. The van der Waals surface area contributed by atoms with Gasteiger partial charge < -0.3 is 15.1 Å². The summed E-state index contributed by atoms with van der Waals surface area (Å²) in [7, 11) is 0. The lowest BCUT2D eigenvalue weighted by molar-refractivity contribution is 0.199. The maximum absolute atomic E-state index is 9.57. The van der Waals surface area contributed by atoms with Crippen LogP contribution in [0.3, 0.4) is 0 Å². The minimum atomic E-state index is -0.554. The van der Waals surface area contributed by atoms with Crippen molar-refractivity contribution in [2.45, 2.75) is 38.3 Å². The Labute approximate surface area is 113 Å². The van der Waals surface area contributed by atoms with Crippen molar-refractivity contribution in [2.24, 2.45) is 0 Å². The molecule has 18 heavy (non-hydrogen) atoms. The van der Waals surface area contributed by atoms with E-state index in [0.717, 1.165) is 11.3 Å². The van der Waals surface area contributed by atoms with Gasteiger partial charge in [-0.3, -0.25) is 0 Å². The number of hydrogen-bond acceptors (Lipinski definition) is 3. The number of hydrogen-bond donors (Lipinski definition) is 2. The summed E-state index contributed by atoms with van der Waals surface area (Å²) in [5, 5.41) is 19.3. The van der Waals surface area contributed by atoms with Gasteiger partial charge in [0, 0.05) is 23.3 Å². The molecule has 0 aromatic heterocycles. The highest BCUT2D eigenvalue weighted by atomic mass is 35.5. The van der Waals surface area contributed by atoms with E-state index < -0.39 is 6.10 Å². The SMILES string of the molecule is CC(O)c1ccc(N(CCO)C2CCC2)cc1Cl. The number of aliphatic hydroxyl groups excluding tert-OH is 2. The van der Waals surface area contributed by atoms with Gasteiger partial charge in [-0.15, -0.1) is 0 Å². The first kappa shape index (κ1) is 13.7. The topological polar surface area (TPSA) is 43.7 Å². The Morgan fingerprint density at radius 1 is 1.44 bits per heavy atom. The molecule has 1 atom stereocenters. The Morgan fingerprint density at radius 2 is 2.17 bits per heavy atom. The molecule has 3 nitrogen and oxygen atoms in total. The van der Waals surface area contributed by atoms with Gasteiger partial charge in [0.15, 0.2) is 0 Å². The van der Waals surface area contributed by atoms with Crippen LogP contribution in [0.2, 0.25) is 5.02 Å². The van der Waals surface area contributed by atoms with Crippen molar-refractivity contribution in [3.8, 4) is 0 Å². The fourth-order valence-corrected chi connectivity index (χ4v) is 2.69. The van der Waals surface area contributed by atoms with Gasteiger partial charge >= 0.3 is 0 Å². The van der Waals surface area contributed by atoms with Crippen molar-refractivity contribution in [2.75, 3.05) is 18.1 Å². The molecule has 1 aromatic carbocycles. The Hall–Kier alpha value is -0.770. The quantitative estimate of drug-likeness (QED) is 0.864. The summed E-state index contributed by atoms with van der Waals surface area (Å²) in [6.45, 7) is 2.49. The van der Waals surface area contributed by atoms with E-state index in [1.165, 1.54) is 19.3 Å². The molecule has 0 amide bonds.